The van der Waals surface area contributed by atoms with Gasteiger partial charge in [-0.3, -0.25) is 0 Å². The lowest BCUT2D eigenvalue weighted by atomic mass is 10.1. The zero-order chi connectivity index (χ0) is 17.7. The largest absolute Gasteiger partial charge is 0.347 e. The van der Waals surface area contributed by atoms with Gasteiger partial charge in [0.25, 0.3) is 0 Å². The Morgan fingerprint density at radius 2 is 2.00 bits per heavy atom. The molecule has 1 N–H and O–H groups in total. The van der Waals surface area contributed by atoms with Crippen molar-refractivity contribution >= 4 is 22.5 Å². The number of halogens is 2. The molecule has 3 aromatic rings. The zero-order valence-corrected chi connectivity index (χ0v) is 15.2. The van der Waals surface area contributed by atoms with Crippen LogP contribution >= 0.6 is 11.6 Å². The number of nitrogens with zero attached hydrogens (tertiary/aromatic N) is 4. The molecule has 0 aliphatic heterocycles. The average Bonchev–Trinajstić information content (AvgIpc) is 3.10. The SMILES string of the molecule is CC.CC.Fc1c(Cl)cc2ccn(CC3CC3)c2c1-c1nn[nH]n1. The van der Waals surface area contributed by atoms with Crippen LogP contribution < -0.4 is 0 Å². The lowest BCUT2D eigenvalue weighted by Crippen LogP contribution is -2.01. The van der Waals surface area contributed by atoms with Gasteiger partial charge in [-0.15, -0.1) is 10.2 Å². The van der Waals surface area contributed by atoms with Crippen LogP contribution in [0.3, 0.4) is 0 Å². The highest BCUT2D eigenvalue weighted by Crippen LogP contribution is 2.37. The second-order valence-electron chi connectivity index (χ2n) is 5.13. The molecular weight excluding hydrogens is 329 g/mol. The van der Waals surface area contributed by atoms with Gasteiger partial charge in [-0.1, -0.05) is 39.3 Å². The zero-order valence-electron chi connectivity index (χ0n) is 14.5. The molecule has 24 heavy (non-hydrogen) atoms. The minimum atomic E-state index is -0.503. The van der Waals surface area contributed by atoms with Crippen molar-refractivity contribution in [2.75, 3.05) is 0 Å². The Kier molecular flexibility index (Phi) is 6.31. The van der Waals surface area contributed by atoms with Crippen molar-refractivity contribution in [3.05, 3.63) is 29.2 Å². The quantitative estimate of drug-likeness (QED) is 0.716. The van der Waals surface area contributed by atoms with E-state index in [0.29, 0.717) is 11.5 Å². The summed E-state index contributed by atoms with van der Waals surface area (Å²) >= 11 is 5.97. The Hall–Kier alpha value is -1.95. The van der Waals surface area contributed by atoms with Crippen molar-refractivity contribution in [1.82, 2.24) is 25.2 Å². The van der Waals surface area contributed by atoms with Crippen molar-refractivity contribution < 1.29 is 4.39 Å². The maximum absolute atomic E-state index is 14.4. The van der Waals surface area contributed by atoms with Gasteiger partial charge >= 0.3 is 0 Å². The molecular formula is C17H23ClFN5. The average molecular weight is 352 g/mol. The number of rotatable bonds is 3. The van der Waals surface area contributed by atoms with Gasteiger partial charge in [0.1, 0.15) is 0 Å². The number of benzene rings is 1. The summed E-state index contributed by atoms with van der Waals surface area (Å²) < 4.78 is 16.5. The fourth-order valence-electron chi connectivity index (χ4n) is 2.52. The van der Waals surface area contributed by atoms with E-state index in [0.717, 1.165) is 17.4 Å². The van der Waals surface area contributed by atoms with E-state index in [2.05, 4.69) is 25.2 Å². The third kappa shape index (κ3) is 3.59. The number of aromatic amines is 1. The highest BCUT2D eigenvalue weighted by molar-refractivity contribution is 6.32. The summed E-state index contributed by atoms with van der Waals surface area (Å²) in [6.07, 6.45) is 4.42. The Balaban J connectivity index is 0.000000487. The summed E-state index contributed by atoms with van der Waals surface area (Å²) in [5, 5.41) is 14.6. The van der Waals surface area contributed by atoms with Crippen LogP contribution in [0.5, 0.6) is 0 Å². The lowest BCUT2D eigenvalue weighted by Gasteiger charge is -2.09. The van der Waals surface area contributed by atoms with Crippen molar-refractivity contribution in [1.29, 1.82) is 0 Å². The third-order valence-electron chi connectivity index (χ3n) is 3.66. The summed E-state index contributed by atoms with van der Waals surface area (Å²) in [5.74, 6) is 0.407. The molecule has 1 saturated carbocycles. The number of hydrogen-bond acceptors (Lipinski definition) is 3. The molecule has 0 bridgehead atoms. The summed E-state index contributed by atoms with van der Waals surface area (Å²) in [5.41, 5.74) is 1.09. The van der Waals surface area contributed by atoms with Gasteiger partial charge in [-0.05, 0) is 36.1 Å². The van der Waals surface area contributed by atoms with E-state index in [1.54, 1.807) is 6.07 Å². The van der Waals surface area contributed by atoms with Crippen LogP contribution in [0.15, 0.2) is 18.3 Å². The predicted molar refractivity (Wildman–Crippen MR) is 95.5 cm³/mol. The molecule has 1 fully saturated rings. The number of aromatic nitrogens is 5. The molecule has 1 aliphatic carbocycles. The Bertz CT molecular complexity index is 778. The van der Waals surface area contributed by atoms with Crippen molar-refractivity contribution in [3.8, 4) is 11.4 Å². The molecule has 0 spiro atoms. The van der Waals surface area contributed by atoms with Crippen LogP contribution in [0, 0.1) is 11.7 Å². The first-order valence-corrected chi connectivity index (χ1v) is 8.82. The van der Waals surface area contributed by atoms with Gasteiger partial charge in [0, 0.05) is 18.1 Å². The van der Waals surface area contributed by atoms with Crippen LogP contribution in [-0.4, -0.2) is 25.2 Å². The van der Waals surface area contributed by atoms with Crippen LogP contribution in [0.25, 0.3) is 22.3 Å². The molecule has 7 heteroatoms. The van der Waals surface area contributed by atoms with Gasteiger partial charge in [0.15, 0.2) is 5.82 Å². The first-order chi connectivity index (χ1) is 11.7. The molecule has 0 amide bonds. The molecule has 4 rings (SSSR count). The first-order valence-electron chi connectivity index (χ1n) is 8.44. The maximum atomic E-state index is 14.4. The molecule has 0 saturated heterocycles. The van der Waals surface area contributed by atoms with Crippen LogP contribution in [0.2, 0.25) is 5.02 Å². The number of nitrogens with one attached hydrogen (secondary N) is 1. The molecule has 5 nitrogen and oxygen atoms in total. The fourth-order valence-corrected chi connectivity index (χ4v) is 2.73. The monoisotopic (exact) mass is 351 g/mol. The molecule has 0 unspecified atom stereocenters. The first kappa shape index (κ1) is 18.4. The third-order valence-corrected chi connectivity index (χ3v) is 3.94. The second kappa shape index (κ2) is 8.24. The number of fused-ring (bicyclic) bond motifs is 1. The van der Waals surface area contributed by atoms with E-state index in [1.165, 1.54) is 12.8 Å². The van der Waals surface area contributed by atoms with Crippen molar-refractivity contribution in [2.24, 2.45) is 5.92 Å². The normalized spacial score (nSPS) is 13.1. The summed E-state index contributed by atoms with van der Waals surface area (Å²) in [6.45, 7) is 8.88. The van der Waals surface area contributed by atoms with Crippen molar-refractivity contribution in [2.45, 2.75) is 47.1 Å². The highest BCUT2D eigenvalue weighted by atomic mass is 35.5. The lowest BCUT2D eigenvalue weighted by molar-refractivity contribution is 0.624. The van der Waals surface area contributed by atoms with Crippen LogP contribution in [0.1, 0.15) is 40.5 Å². The minimum Gasteiger partial charge on any atom is -0.347 e. The van der Waals surface area contributed by atoms with Gasteiger partial charge in [-0.2, -0.15) is 5.21 Å². The fraction of sp³-hybridized carbons (Fsp3) is 0.471. The summed E-state index contributed by atoms with van der Waals surface area (Å²) in [7, 11) is 0. The van der Waals surface area contributed by atoms with E-state index in [1.807, 2.05) is 40.0 Å². The van der Waals surface area contributed by atoms with E-state index in [4.69, 9.17) is 11.6 Å². The minimum absolute atomic E-state index is 0.0708. The predicted octanol–water partition coefficient (Wildman–Crippen LogP) is 5.08. The molecule has 1 aliphatic rings. The topological polar surface area (TPSA) is 59.4 Å². The van der Waals surface area contributed by atoms with Gasteiger partial charge < -0.3 is 4.57 Å². The molecule has 2 heterocycles. The molecule has 0 atom stereocenters. The van der Waals surface area contributed by atoms with Gasteiger partial charge in [0.05, 0.1) is 16.1 Å². The van der Waals surface area contributed by atoms with Gasteiger partial charge in [-0.25, -0.2) is 4.39 Å². The van der Waals surface area contributed by atoms with E-state index in [-0.39, 0.29) is 10.8 Å². The highest BCUT2D eigenvalue weighted by Gasteiger charge is 2.25. The number of H-pyrrole nitrogens is 1. The summed E-state index contributed by atoms with van der Waals surface area (Å²) in [6, 6.07) is 3.58. The maximum Gasteiger partial charge on any atom is 0.209 e. The molecule has 2 aromatic heterocycles. The Labute approximate surface area is 146 Å². The second-order valence-corrected chi connectivity index (χ2v) is 5.54. The van der Waals surface area contributed by atoms with Crippen LogP contribution in [0.4, 0.5) is 4.39 Å². The summed E-state index contributed by atoms with van der Waals surface area (Å²) in [4.78, 5) is 0. The Morgan fingerprint density at radius 3 is 2.58 bits per heavy atom. The molecule has 0 radical (unpaired) electrons. The number of hydrogen-bond donors (Lipinski definition) is 1. The standard InChI is InChI=1S/C13H11ClFN5.2C2H6/c14-9-5-8-3-4-20(6-7-1-2-7)12(8)10(11(9)15)13-16-18-19-17-13;2*1-2/h3-5,7H,1-2,6H2,(H,16,17,18,19);2*1-2H3. The number of tetrazole rings is 1. The van der Waals surface area contributed by atoms with E-state index < -0.39 is 5.82 Å². The van der Waals surface area contributed by atoms with E-state index in [9.17, 15) is 4.39 Å². The smallest absolute Gasteiger partial charge is 0.209 e. The van der Waals surface area contributed by atoms with Crippen molar-refractivity contribution in [3.63, 3.8) is 0 Å². The molecule has 130 valence electrons. The van der Waals surface area contributed by atoms with E-state index >= 15 is 0 Å². The van der Waals surface area contributed by atoms with Gasteiger partial charge in [0.2, 0.25) is 5.82 Å². The Morgan fingerprint density at radius 1 is 1.29 bits per heavy atom. The molecule has 1 aromatic carbocycles. The van der Waals surface area contributed by atoms with Crippen LogP contribution in [-0.2, 0) is 6.54 Å².